The van der Waals surface area contributed by atoms with E-state index in [4.69, 9.17) is 4.52 Å². The molecule has 3 aromatic rings. The second kappa shape index (κ2) is 7.60. The number of halogens is 1. The van der Waals surface area contributed by atoms with Crippen molar-refractivity contribution in [3.63, 3.8) is 0 Å². The van der Waals surface area contributed by atoms with E-state index in [0.717, 1.165) is 11.1 Å². The molecule has 3 aromatic carbocycles. The number of rotatable bonds is 3. The first kappa shape index (κ1) is 19.0. The van der Waals surface area contributed by atoms with Gasteiger partial charge in [-0.1, -0.05) is 35.9 Å². The SMILES string of the molecule is Cc1ccc(NC(=O)NP2(=O)Oc3ccccc3CN2c2ccc(F)cc2)cc1. The fraction of sp³-hybridized carbons (Fsp3) is 0.0952. The smallest absolute Gasteiger partial charge is 0.413 e. The van der Waals surface area contributed by atoms with Crippen molar-refractivity contribution in [3.05, 3.63) is 89.7 Å². The minimum absolute atomic E-state index is 0.240. The van der Waals surface area contributed by atoms with Gasteiger partial charge in [0.2, 0.25) is 0 Å². The van der Waals surface area contributed by atoms with Crippen molar-refractivity contribution >= 4 is 25.1 Å². The van der Waals surface area contributed by atoms with Gasteiger partial charge >= 0.3 is 13.7 Å². The summed E-state index contributed by atoms with van der Waals surface area (Å²) in [6.07, 6.45) is 0. The summed E-state index contributed by atoms with van der Waals surface area (Å²) in [5.74, 6) is 0.0248. The molecule has 0 fully saturated rings. The van der Waals surface area contributed by atoms with Crippen molar-refractivity contribution < 1.29 is 18.3 Å². The predicted octanol–water partition coefficient (Wildman–Crippen LogP) is 5.46. The molecule has 0 aliphatic carbocycles. The van der Waals surface area contributed by atoms with E-state index in [1.165, 1.54) is 28.9 Å². The van der Waals surface area contributed by atoms with Crippen molar-refractivity contribution in [2.45, 2.75) is 13.5 Å². The largest absolute Gasteiger partial charge is 0.450 e. The van der Waals surface area contributed by atoms with Gasteiger partial charge in [-0.05, 0) is 49.4 Å². The van der Waals surface area contributed by atoms with Gasteiger partial charge in [-0.15, -0.1) is 0 Å². The molecule has 0 bridgehead atoms. The summed E-state index contributed by atoms with van der Waals surface area (Å²) in [6, 6.07) is 19.2. The lowest BCUT2D eigenvalue weighted by molar-refractivity contribution is 0.255. The quantitative estimate of drug-likeness (QED) is 0.562. The Balaban J connectivity index is 1.63. The van der Waals surface area contributed by atoms with Gasteiger partial charge in [-0.3, -0.25) is 4.67 Å². The Labute approximate surface area is 167 Å². The minimum atomic E-state index is -3.85. The Morgan fingerprint density at radius 2 is 1.72 bits per heavy atom. The molecule has 2 amide bonds. The van der Waals surface area contributed by atoms with Crippen LogP contribution >= 0.6 is 7.67 Å². The number of carbonyl (C=O) groups excluding carboxylic acids is 1. The summed E-state index contributed by atoms with van der Waals surface area (Å²) in [7, 11) is -3.85. The third kappa shape index (κ3) is 4.10. The topological polar surface area (TPSA) is 70.7 Å². The molecule has 1 heterocycles. The van der Waals surface area contributed by atoms with Crippen LogP contribution in [0.5, 0.6) is 5.75 Å². The van der Waals surface area contributed by atoms with Crippen molar-refractivity contribution in [1.29, 1.82) is 0 Å². The minimum Gasteiger partial charge on any atom is -0.413 e. The molecule has 4 rings (SSSR count). The van der Waals surface area contributed by atoms with Gasteiger partial charge in [0, 0.05) is 16.9 Å². The van der Waals surface area contributed by atoms with Gasteiger partial charge in [-0.2, -0.15) is 0 Å². The molecule has 0 radical (unpaired) electrons. The number of carbonyl (C=O) groups is 1. The highest BCUT2D eigenvalue weighted by Crippen LogP contribution is 2.54. The number of benzene rings is 3. The Morgan fingerprint density at radius 1 is 1.03 bits per heavy atom. The number of aryl methyl sites for hydroxylation is 1. The standard InChI is InChI=1S/C21H19FN3O3P/c1-15-6-10-18(11-7-15)23-21(26)24-29(27)25(19-12-8-17(22)9-13-19)14-16-4-2-3-5-20(16)28-29/h2-13H,14H2,1H3,(H2,23,24,26,27). The zero-order valence-corrected chi connectivity index (χ0v) is 16.5. The van der Waals surface area contributed by atoms with Gasteiger partial charge < -0.3 is 9.84 Å². The molecule has 8 heteroatoms. The van der Waals surface area contributed by atoms with Crippen LogP contribution in [0.1, 0.15) is 11.1 Å². The van der Waals surface area contributed by atoms with Crippen molar-refractivity contribution in [3.8, 4) is 5.75 Å². The van der Waals surface area contributed by atoms with Crippen LogP contribution in [0.2, 0.25) is 0 Å². The van der Waals surface area contributed by atoms with Crippen molar-refractivity contribution in [2.75, 3.05) is 9.99 Å². The molecular formula is C21H19FN3O3P. The molecule has 148 valence electrons. The second-order valence-corrected chi connectivity index (χ2v) is 8.62. The highest BCUT2D eigenvalue weighted by atomic mass is 31.2. The molecule has 0 saturated carbocycles. The average Bonchev–Trinajstić information content (AvgIpc) is 2.69. The van der Waals surface area contributed by atoms with Crippen LogP contribution in [-0.4, -0.2) is 6.03 Å². The number of nitrogens with one attached hydrogen (secondary N) is 2. The molecule has 1 aliphatic heterocycles. The highest BCUT2D eigenvalue weighted by Gasteiger charge is 2.40. The summed E-state index contributed by atoms with van der Waals surface area (Å²) in [5, 5.41) is 5.14. The fourth-order valence-electron chi connectivity index (χ4n) is 3.02. The summed E-state index contributed by atoms with van der Waals surface area (Å²) in [6.45, 7) is 2.18. The summed E-state index contributed by atoms with van der Waals surface area (Å²) in [4.78, 5) is 12.6. The molecule has 1 atom stereocenters. The Bertz CT molecular complexity index is 1090. The molecule has 0 saturated heterocycles. The monoisotopic (exact) mass is 411 g/mol. The maximum absolute atomic E-state index is 13.7. The van der Waals surface area contributed by atoms with Gasteiger partial charge in [0.1, 0.15) is 11.6 Å². The van der Waals surface area contributed by atoms with Gasteiger partial charge in [0.15, 0.2) is 0 Å². The molecule has 29 heavy (non-hydrogen) atoms. The lowest BCUT2D eigenvalue weighted by Crippen LogP contribution is -2.38. The van der Waals surface area contributed by atoms with Crippen LogP contribution in [0.3, 0.4) is 0 Å². The van der Waals surface area contributed by atoms with E-state index in [1.54, 1.807) is 24.3 Å². The number of hydrogen-bond acceptors (Lipinski definition) is 3. The number of para-hydroxylation sites is 1. The van der Waals surface area contributed by atoms with Crippen LogP contribution in [-0.2, 0) is 11.1 Å². The zero-order valence-electron chi connectivity index (χ0n) is 15.6. The molecule has 1 unspecified atom stereocenters. The third-order valence-corrected chi connectivity index (χ3v) is 6.45. The first-order valence-corrected chi connectivity index (χ1v) is 10.6. The second-order valence-electron chi connectivity index (χ2n) is 6.69. The van der Waals surface area contributed by atoms with Gasteiger partial charge in [0.05, 0.1) is 6.54 Å². The number of anilines is 2. The molecule has 6 nitrogen and oxygen atoms in total. The first-order chi connectivity index (χ1) is 13.9. The van der Waals surface area contributed by atoms with Crippen LogP contribution in [0, 0.1) is 12.7 Å². The van der Waals surface area contributed by atoms with Crippen LogP contribution in [0.15, 0.2) is 72.8 Å². The lowest BCUT2D eigenvalue weighted by atomic mass is 10.2. The van der Waals surface area contributed by atoms with E-state index in [-0.39, 0.29) is 6.54 Å². The number of fused-ring (bicyclic) bond motifs is 1. The third-order valence-electron chi connectivity index (χ3n) is 4.51. The number of nitrogens with zero attached hydrogens (tertiary/aromatic N) is 1. The normalized spacial score (nSPS) is 17.8. The van der Waals surface area contributed by atoms with Crippen molar-refractivity contribution in [1.82, 2.24) is 5.09 Å². The maximum Gasteiger partial charge on any atom is 0.450 e. The summed E-state index contributed by atoms with van der Waals surface area (Å²) < 4.78 is 34.3. The number of amides is 2. The number of hydrogen-bond donors (Lipinski definition) is 2. The zero-order chi connectivity index (χ0) is 20.4. The molecule has 2 N–H and O–H groups in total. The number of urea groups is 1. The lowest BCUT2D eigenvalue weighted by Gasteiger charge is -2.37. The summed E-state index contributed by atoms with van der Waals surface area (Å²) in [5.41, 5.74) is 2.90. The first-order valence-electron chi connectivity index (χ1n) is 9.00. The van der Waals surface area contributed by atoms with E-state index in [2.05, 4.69) is 10.4 Å². The highest BCUT2D eigenvalue weighted by molar-refractivity contribution is 7.59. The predicted molar refractivity (Wildman–Crippen MR) is 111 cm³/mol. The van der Waals surface area contributed by atoms with Crippen LogP contribution < -0.4 is 19.6 Å². The van der Waals surface area contributed by atoms with Crippen LogP contribution in [0.4, 0.5) is 20.6 Å². The Morgan fingerprint density at radius 3 is 2.45 bits per heavy atom. The van der Waals surface area contributed by atoms with E-state index in [1.807, 2.05) is 31.2 Å². The van der Waals surface area contributed by atoms with Crippen LogP contribution in [0.25, 0.3) is 0 Å². The molecular weight excluding hydrogens is 392 g/mol. The molecule has 0 spiro atoms. The molecule has 1 aliphatic rings. The van der Waals surface area contributed by atoms with E-state index >= 15 is 0 Å². The van der Waals surface area contributed by atoms with E-state index in [0.29, 0.717) is 17.1 Å². The van der Waals surface area contributed by atoms with E-state index in [9.17, 15) is 13.8 Å². The van der Waals surface area contributed by atoms with Gasteiger partial charge in [-0.25, -0.2) is 18.8 Å². The Kier molecular flexibility index (Phi) is 4.99. The summed E-state index contributed by atoms with van der Waals surface area (Å²) >= 11 is 0. The Hall–Kier alpha value is -3.31. The maximum atomic E-state index is 13.7. The average molecular weight is 411 g/mol. The molecule has 0 aromatic heterocycles. The van der Waals surface area contributed by atoms with Gasteiger partial charge in [0.25, 0.3) is 0 Å². The van der Waals surface area contributed by atoms with Crippen molar-refractivity contribution in [2.24, 2.45) is 0 Å². The fourth-order valence-corrected chi connectivity index (χ4v) is 4.82. The van der Waals surface area contributed by atoms with E-state index < -0.39 is 19.5 Å².